The first-order valence-electron chi connectivity index (χ1n) is 10.1. The van der Waals surface area contributed by atoms with Gasteiger partial charge < -0.3 is 5.32 Å². The molecule has 1 unspecified atom stereocenters. The highest BCUT2D eigenvalue weighted by Gasteiger charge is 2.30. The molecular weight excluding hydrogens is 456 g/mol. The van der Waals surface area contributed by atoms with Gasteiger partial charge in [0.25, 0.3) is 0 Å². The average Bonchev–Trinajstić information content (AvgIpc) is 2.81. The highest BCUT2D eigenvalue weighted by atomic mass is 32.2. The summed E-state index contributed by atoms with van der Waals surface area (Å²) in [6.45, 7) is 2.22. The molecule has 1 atom stereocenters. The van der Waals surface area contributed by atoms with Crippen LogP contribution in [-0.4, -0.2) is 27.5 Å². The number of hydrogen-bond donors (Lipinski definition) is 1. The van der Waals surface area contributed by atoms with Crippen LogP contribution < -0.4 is 5.32 Å². The maximum absolute atomic E-state index is 13.1. The molecule has 0 aliphatic rings. The molecule has 0 saturated heterocycles. The van der Waals surface area contributed by atoms with Crippen LogP contribution in [0.1, 0.15) is 18.1 Å². The number of nitrogens with zero attached hydrogens (tertiary/aromatic N) is 1. The highest BCUT2D eigenvalue weighted by molar-refractivity contribution is 7.82. The van der Waals surface area contributed by atoms with E-state index < -0.39 is 28.5 Å². The topological polar surface area (TPSA) is 49.4 Å². The van der Waals surface area contributed by atoms with Gasteiger partial charge in [0.1, 0.15) is 16.8 Å². The van der Waals surface area contributed by atoms with E-state index in [0.29, 0.717) is 22.6 Å². The first-order valence-corrected chi connectivity index (χ1v) is 11.2. The van der Waals surface area contributed by atoms with E-state index in [2.05, 4.69) is 5.32 Å². The summed E-state index contributed by atoms with van der Waals surface area (Å²) < 4.78 is 65.9. The van der Waals surface area contributed by atoms with E-state index in [4.69, 9.17) is 0 Å². The molecule has 0 radical (unpaired) electrons. The molecule has 174 valence electrons. The third kappa shape index (κ3) is 6.72. The van der Waals surface area contributed by atoms with E-state index in [-0.39, 0.29) is 19.0 Å². The number of likely N-dealkylation sites (N-methyl/N-ethyl adjacent to an activating group) is 1. The summed E-state index contributed by atoms with van der Waals surface area (Å²) in [6.07, 6.45) is -4.41. The molecule has 0 bridgehead atoms. The predicted molar refractivity (Wildman–Crippen MR) is 119 cm³/mol. The van der Waals surface area contributed by atoms with Gasteiger partial charge in [-0.1, -0.05) is 43.3 Å². The number of nitrogens with one attached hydrogen (secondary N) is 1. The van der Waals surface area contributed by atoms with E-state index in [1.54, 1.807) is 37.3 Å². The Hall–Kier alpha value is -3.04. The summed E-state index contributed by atoms with van der Waals surface area (Å²) in [4.78, 5) is 12.7. The molecule has 9 heteroatoms. The maximum atomic E-state index is 13.1. The third-order valence-corrected chi connectivity index (χ3v) is 6.42. The minimum absolute atomic E-state index is 0.108. The molecule has 3 rings (SSSR count). The summed E-state index contributed by atoms with van der Waals surface area (Å²) in [7, 11) is -1.61. The molecule has 1 amide bonds. The van der Waals surface area contributed by atoms with Crippen LogP contribution in [0.3, 0.4) is 0 Å². The lowest BCUT2D eigenvalue weighted by Crippen LogP contribution is -2.37. The van der Waals surface area contributed by atoms with Crippen molar-refractivity contribution in [2.45, 2.75) is 24.5 Å². The van der Waals surface area contributed by atoms with Crippen molar-refractivity contribution in [2.24, 2.45) is 0 Å². The number of carbonyl (C=O) groups excluding carboxylic acids is 1. The van der Waals surface area contributed by atoms with Crippen LogP contribution in [0.15, 0.2) is 77.7 Å². The fraction of sp³-hybridized carbons (Fsp3) is 0.208. The quantitative estimate of drug-likeness (QED) is 0.454. The Balaban J connectivity index is 1.58. The monoisotopic (exact) mass is 478 g/mol. The van der Waals surface area contributed by atoms with Gasteiger partial charge >= 0.3 is 6.18 Å². The average molecular weight is 479 g/mol. The fourth-order valence-electron chi connectivity index (χ4n) is 3.09. The number of amides is 1. The van der Waals surface area contributed by atoms with Crippen LogP contribution >= 0.6 is 0 Å². The number of hydrogen-bond acceptors (Lipinski definition) is 2. The second-order valence-electron chi connectivity index (χ2n) is 7.21. The van der Waals surface area contributed by atoms with Crippen molar-refractivity contribution in [2.75, 3.05) is 13.1 Å². The lowest BCUT2D eigenvalue weighted by molar-refractivity contribution is -0.137. The number of alkyl halides is 3. The number of rotatable bonds is 8. The van der Waals surface area contributed by atoms with Crippen LogP contribution in [0.25, 0.3) is 11.1 Å². The van der Waals surface area contributed by atoms with Crippen LogP contribution in [-0.2, 0) is 28.5 Å². The van der Waals surface area contributed by atoms with Crippen molar-refractivity contribution in [3.05, 3.63) is 89.7 Å². The zero-order valence-corrected chi connectivity index (χ0v) is 18.5. The number of halogens is 4. The molecule has 0 spiro atoms. The Morgan fingerprint density at radius 3 is 2.24 bits per heavy atom. The minimum Gasteiger partial charge on any atom is -0.351 e. The standard InChI is InChI=1S/C24H22F4N2O2S/c1-2-30(33(32)22-12-10-21(25)11-13-22)16-23(31)29-15-17-6-8-18(9-7-17)19-4-3-5-20(14-19)24(26,27)28/h3-14H,2,15-16H2,1H3,(H,29,31). The van der Waals surface area contributed by atoms with Gasteiger partial charge in [0.2, 0.25) is 5.91 Å². The summed E-state index contributed by atoms with van der Waals surface area (Å²) in [5.74, 6) is -0.773. The Kier molecular flexibility index (Phi) is 7.99. The first-order chi connectivity index (χ1) is 15.7. The van der Waals surface area contributed by atoms with Crippen LogP contribution in [0.4, 0.5) is 17.6 Å². The summed E-state index contributed by atoms with van der Waals surface area (Å²) in [5.41, 5.74) is 1.13. The van der Waals surface area contributed by atoms with Gasteiger partial charge in [-0.2, -0.15) is 13.2 Å². The summed E-state index contributed by atoms with van der Waals surface area (Å²) in [5, 5.41) is 2.74. The number of carbonyl (C=O) groups is 1. The van der Waals surface area contributed by atoms with Crippen LogP contribution in [0.2, 0.25) is 0 Å². The first kappa shape index (κ1) is 24.6. The van der Waals surface area contributed by atoms with Gasteiger partial charge in [-0.3, -0.25) is 4.79 Å². The smallest absolute Gasteiger partial charge is 0.351 e. The second-order valence-corrected chi connectivity index (χ2v) is 8.70. The third-order valence-electron chi connectivity index (χ3n) is 4.89. The predicted octanol–water partition coefficient (Wildman–Crippen LogP) is 5.17. The lowest BCUT2D eigenvalue weighted by atomic mass is 10.0. The molecule has 3 aromatic rings. The molecule has 0 aliphatic heterocycles. The van der Waals surface area contributed by atoms with Crippen molar-refractivity contribution in [3.63, 3.8) is 0 Å². The number of benzene rings is 3. The zero-order chi connectivity index (χ0) is 24.0. The second kappa shape index (κ2) is 10.7. The van der Waals surface area contributed by atoms with E-state index >= 15 is 0 Å². The molecular formula is C24H22F4N2O2S. The van der Waals surface area contributed by atoms with Gasteiger partial charge in [0, 0.05) is 13.1 Å². The van der Waals surface area contributed by atoms with Crippen molar-refractivity contribution in [1.29, 1.82) is 0 Å². The summed E-state index contributed by atoms with van der Waals surface area (Å²) >= 11 is 0. The molecule has 3 aromatic carbocycles. The zero-order valence-electron chi connectivity index (χ0n) is 17.7. The van der Waals surface area contributed by atoms with Gasteiger partial charge in [-0.25, -0.2) is 12.9 Å². The van der Waals surface area contributed by atoms with E-state index in [0.717, 1.165) is 17.7 Å². The SMILES string of the molecule is CCN(CC(=O)NCc1ccc(-c2cccc(C(F)(F)F)c2)cc1)S(=O)c1ccc(F)cc1. The van der Waals surface area contributed by atoms with E-state index in [1.165, 1.54) is 34.6 Å². The van der Waals surface area contributed by atoms with E-state index in [1.807, 2.05) is 0 Å². The normalized spacial score (nSPS) is 12.5. The molecule has 0 fully saturated rings. The molecule has 1 N–H and O–H groups in total. The van der Waals surface area contributed by atoms with Gasteiger partial charge in [-0.15, -0.1) is 0 Å². The molecule has 0 heterocycles. The fourth-order valence-corrected chi connectivity index (χ4v) is 4.23. The Morgan fingerprint density at radius 2 is 1.64 bits per heavy atom. The van der Waals surface area contributed by atoms with Crippen LogP contribution in [0.5, 0.6) is 0 Å². The van der Waals surface area contributed by atoms with Crippen molar-refractivity contribution in [1.82, 2.24) is 9.62 Å². The molecule has 4 nitrogen and oxygen atoms in total. The van der Waals surface area contributed by atoms with E-state index in [9.17, 15) is 26.6 Å². The Bertz CT molecular complexity index is 1120. The van der Waals surface area contributed by atoms with Crippen LogP contribution in [0, 0.1) is 5.82 Å². The lowest BCUT2D eigenvalue weighted by Gasteiger charge is -2.19. The van der Waals surface area contributed by atoms with Gasteiger partial charge in [0.05, 0.1) is 17.0 Å². The molecule has 0 saturated carbocycles. The summed E-state index contributed by atoms with van der Waals surface area (Å²) in [6, 6.07) is 17.2. The molecule has 0 aliphatic carbocycles. The van der Waals surface area contributed by atoms with Gasteiger partial charge in [-0.05, 0) is 53.1 Å². The van der Waals surface area contributed by atoms with Gasteiger partial charge in [0.15, 0.2) is 0 Å². The van der Waals surface area contributed by atoms with Crippen molar-refractivity contribution in [3.8, 4) is 11.1 Å². The minimum atomic E-state index is -4.41. The van der Waals surface area contributed by atoms with Crippen molar-refractivity contribution >= 4 is 16.9 Å². The Labute approximate surface area is 191 Å². The highest BCUT2D eigenvalue weighted by Crippen LogP contribution is 2.32. The molecule has 33 heavy (non-hydrogen) atoms. The molecule has 0 aromatic heterocycles. The Morgan fingerprint density at radius 1 is 0.970 bits per heavy atom. The largest absolute Gasteiger partial charge is 0.416 e. The van der Waals surface area contributed by atoms with Crippen molar-refractivity contribution < 1.29 is 26.6 Å². The maximum Gasteiger partial charge on any atom is 0.416 e.